The Bertz CT molecular complexity index is 756. The number of piperidine rings is 3. The fourth-order valence-electron chi connectivity index (χ4n) is 6.59. The molecular weight excluding hydrogens is 627 g/mol. The van der Waals surface area contributed by atoms with Crippen molar-refractivity contribution in [2.75, 3.05) is 152 Å². The van der Waals surface area contributed by atoms with E-state index in [9.17, 15) is 4.21 Å². The molecule has 0 saturated carbocycles. The number of nitrogens with zero attached hydrogens (tertiary/aromatic N) is 7. The predicted molar refractivity (Wildman–Crippen MR) is 221 cm³/mol. The molecule has 7 aliphatic rings. The van der Waals surface area contributed by atoms with Crippen LogP contribution in [0.3, 0.4) is 0 Å². The minimum absolute atomic E-state index is 0.781. The molecular formula is C40H87N7OS. The Hall–Kier alpha value is -0.260. The maximum atomic E-state index is 11.2. The number of hydrogen-bond donors (Lipinski definition) is 0. The summed E-state index contributed by atoms with van der Waals surface area (Å²) in [5.41, 5.74) is 0. The van der Waals surface area contributed by atoms with E-state index in [4.69, 9.17) is 0 Å². The molecule has 0 N–H and O–H groups in total. The van der Waals surface area contributed by atoms with Crippen LogP contribution < -0.4 is 0 Å². The number of hydrogen-bond acceptors (Lipinski definition) is 8. The van der Waals surface area contributed by atoms with Crippen molar-refractivity contribution in [3.05, 3.63) is 0 Å². The van der Waals surface area contributed by atoms with Crippen molar-refractivity contribution in [2.45, 2.75) is 103 Å². The van der Waals surface area contributed by atoms with Gasteiger partial charge in [-0.05, 0) is 214 Å². The molecule has 0 aromatic heterocycles. The smallest absolute Gasteiger partial charge is 0.0287 e. The SMILES string of the molecule is C=S1(=O)CCN(C)CC1.CN1CCC1.CN1CCCC1.CN1CCCCC1.CN1CCCCC1.CN1CCCCC1.CN1CCCCCC1. The predicted octanol–water partition coefficient (Wildman–Crippen LogP) is 5.48. The zero-order chi connectivity index (χ0) is 36.2. The van der Waals surface area contributed by atoms with Crippen molar-refractivity contribution >= 4 is 15.4 Å². The van der Waals surface area contributed by atoms with Crippen LogP contribution in [0.2, 0.25) is 0 Å². The van der Waals surface area contributed by atoms with Gasteiger partial charge in [-0.25, -0.2) is 0 Å². The van der Waals surface area contributed by atoms with Crippen LogP contribution in [0, 0.1) is 0 Å². The Balaban J connectivity index is 0.000000287. The van der Waals surface area contributed by atoms with Gasteiger partial charge < -0.3 is 34.3 Å². The molecule has 0 atom stereocenters. The monoisotopic (exact) mass is 714 g/mol. The van der Waals surface area contributed by atoms with Gasteiger partial charge in [0.25, 0.3) is 0 Å². The topological polar surface area (TPSA) is 39.8 Å². The van der Waals surface area contributed by atoms with E-state index in [2.05, 4.69) is 89.5 Å². The molecule has 7 heterocycles. The molecule has 49 heavy (non-hydrogen) atoms. The quantitative estimate of drug-likeness (QED) is 0.306. The van der Waals surface area contributed by atoms with Gasteiger partial charge in [-0.3, -0.25) is 4.21 Å². The fraction of sp³-hybridized carbons (Fsp3) is 0.975. The van der Waals surface area contributed by atoms with Crippen LogP contribution in [-0.4, -0.2) is 197 Å². The van der Waals surface area contributed by atoms with Crippen molar-refractivity contribution in [2.24, 2.45) is 0 Å². The number of rotatable bonds is 0. The van der Waals surface area contributed by atoms with Crippen molar-refractivity contribution in [1.29, 1.82) is 0 Å². The first-order valence-corrected chi connectivity index (χ1v) is 22.7. The molecule has 8 nitrogen and oxygen atoms in total. The summed E-state index contributed by atoms with van der Waals surface area (Å²) in [5, 5.41) is 0. The molecule has 9 heteroatoms. The van der Waals surface area contributed by atoms with Crippen molar-refractivity contribution in [3.8, 4) is 0 Å². The molecule has 7 saturated heterocycles. The molecule has 0 unspecified atom stereocenters. The lowest BCUT2D eigenvalue weighted by Gasteiger charge is -2.24. The first-order chi connectivity index (χ1) is 23.5. The molecule has 0 amide bonds. The van der Waals surface area contributed by atoms with Gasteiger partial charge in [-0.2, -0.15) is 0 Å². The Morgan fingerprint density at radius 3 is 0.612 bits per heavy atom. The molecule has 0 aliphatic carbocycles. The highest BCUT2D eigenvalue weighted by Gasteiger charge is 2.13. The second-order valence-corrected chi connectivity index (χ2v) is 18.9. The van der Waals surface area contributed by atoms with Gasteiger partial charge in [0.2, 0.25) is 0 Å². The molecule has 0 spiro atoms. The molecule has 7 fully saturated rings. The summed E-state index contributed by atoms with van der Waals surface area (Å²) in [5.74, 6) is 5.23. The summed E-state index contributed by atoms with van der Waals surface area (Å²) < 4.78 is 11.2. The molecule has 0 radical (unpaired) electrons. The lowest BCUT2D eigenvalue weighted by atomic mass is 10.1. The van der Waals surface area contributed by atoms with Gasteiger partial charge >= 0.3 is 0 Å². The van der Waals surface area contributed by atoms with Crippen LogP contribution in [-0.2, 0) is 9.52 Å². The van der Waals surface area contributed by atoms with E-state index in [0.717, 1.165) is 24.6 Å². The Kier molecular flexibility index (Phi) is 28.8. The van der Waals surface area contributed by atoms with Gasteiger partial charge in [0.1, 0.15) is 0 Å². The van der Waals surface area contributed by atoms with E-state index in [0.29, 0.717) is 0 Å². The van der Waals surface area contributed by atoms with E-state index in [-0.39, 0.29) is 0 Å². The van der Waals surface area contributed by atoms with Gasteiger partial charge in [0, 0.05) is 24.6 Å². The zero-order valence-corrected chi connectivity index (χ0v) is 35.1. The number of likely N-dealkylation sites (tertiary alicyclic amines) is 6. The highest BCUT2D eigenvalue weighted by molar-refractivity contribution is 8.00. The van der Waals surface area contributed by atoms with Gasteiger partial charge in [0.05, 0.1) is 0 Å². The third kappa shape index (κ3) is 30.0. The van der Waals surface area contributed by atoms with Crippen LogP contribution in [0.1, 0.15) is 103 Å². The third-order valence-electron chi connectivity index (χ3n) is 10.7. The molecule has 7 rings (SSSR count). The summed E-state index contributed by atoms with van der Waals surface area (Å²) >= 11 is 0. The van der Waals surface area contributed by atoms with E-state index in [1.807, 2.05) is 0 Å². The van der Waals surface area contributed by atoms with E-state index in [1.165, 1.54) is 181 Å². The van der Waals surface area contributed by atoms with Crippen LogP contribution in [0.25, 0.3) is 0 Å². The molecule has 0 bridgehead atoms. The standard InChI is InChI=1S/C7H15N.C6H13NOS.3C6H13N.C5H11N.C4H9N/c1-8-6-4-2-3-5-7-8;1-7-3-5-9(2,8)6-4-7;3*1-7-5-3-2-4-6-7;1-6-4-2-3-5-6;1-5-3-2-4-5/h2-7H2,1H3;2-6H2,1H3;3*2-6H2,1H3;2-5H2,1H3;2-4H2,1H3. The molecule has 294 valence electrons. The zero-order valence-electron chi connectivity index (χ0n) is 34.3. The average molecular weight is 714 g/mol. The lowest BCUT2D eigenvalue weighted by Crippen LogP contribution is -2.37. The lowest BCUT2D eigenvalue weighted by molar-refractivity contribution is 0.229. The average Bonchev–Trinajstić information content (AvgIpc) is 3.44. The summed E-state index contributed by atoms with van der Waals surface area (Å²) in [6, 6.07) is 0. The van der Waals surface area contributed by atoms with Crippen LogP contribution >= 0.6 is 0 Å². The Labute approximate surface area is 308 Å². The highest BCUT2D eigenvalue weighted by Crippen LogP contribution is 2.08. The van der Waals surface area contributed by atoms with Gasteiger partial charge in [-0.15, -0.1) is 0 Å². The fourth-order valence-corrected chi connectivity index (χ4v) is 8.09. The van der Waals surface area contributed by atoms with Crippen molar-refractivity contribution in [3.63, 3.8) is 0 Å². The summed E-state index contributed by atoms with van der Waals surface area (Å²) in [6.45, 7) is 17.7. The molecule has 0 aromatic carbocycles. The highest BCUT2D eigenvalue weighted by atomic mass is 32.2. The Morgan fingerprint density at radius 2 is 0.449 bits per heavy atom. The largest absolute Gasteiger partial charge is 0.306 e. The van der Waals surface area contributed by atoms with Crippen LogP contribution in [0.5, 0.6) is 0 Å². The second kappa shape index (κ2) is 30.2. The van der Waals surface area contributed by atoms with E-state index in [1.54, 1.807) is 0 Å². The van der Waals surface area contributed by atoms with Crippen LogP contribution in [0.4, 0.5) is 0 Å². The normalized spacial score (nSPS) is 25.9. The molecule has 0 aromatic rings. The molecule has 7 aliphatic heterocycles. The maximum Gasteiger partial charge on any atom is 0.0287 e. The summed E-state index contributed by atoms with van der Waals surface area (Å²) in [6.07, 6.45) is 22.8. The van der Waals surface area contributed by atoms with Gasteiger partial charge in [-0.1, -0.05) is 32.1 Å². The first-order valence-electron chi connectivity index (χ1n) is 20.6. The Morgan fingerprint density at radius 1 is 0.286 bits per heavy atom. The third-order valence-corrected chi connectivity index (χ3v) is 12.5. The van der Waals surface area contributed by atoms with E-state index >= 15 is 0 Å². The van der Waals surface area contributed by atoms with E-state index < -0.39 is 9.52 Å². The summed E-state index contributed by atoms with van der Waals surface area (Å²) in [4.78, 5) is 16.5. The maximum absolute atomic E-state index is 11.2. The van der Waals surface area contributed by atoms with Crippen LogP contribution in [0.15, 0.2) is 0 Å². The minimum atomic E-state index is -1.66. The van der Waals surface area contributed by atoms with Crippen molar-refractivity contribution in [1.82, 2.24) is 34.3 Å². The minimum Gasteiger partial charge on any atom is -0.306 e. The second-order valence-electron chi connectivity index (χ2n) is 16.2. The van der Waals surface area contributed by atoms with Crippen molar-refractivity contribution < 1.29 is 4.21 Å². The first kappa shape index (κ1) is 46.8. The summed E-state index contributed by atoms with van der Waals surface area (Å²) in [7, 11) is 13.5. The van der Waals surface area contributed by atoms with Gasteiger partial charge in [0.15, 0.2) is 0 Å².